The van der Waals surface area contributed by atoms with E-state index in [2.05, 4.69) is 4.74 Å². The van der Waals surface area contributed by atoms with E-state index in [1.54, 1.807) is 7.85 Å². The predicted octanol–water partition coefficient (Wildman–Crippen LogP) is 5.83. The standard InChI is InChI=1S/C26H19BF12N2O2/c27-16-4-1-13(2-5-16)11-23(41-22(42)40-12-24(32,33)34,14-3-6-20(29)19(9-14)25(35,36)37)15-7-17(28)10-18(8-15)43-26(38,39)21(30)31/h1-10,21H,11-12,27H2,(H2,40,41,42)/t23-/m1/s1. The van der Waals surface area contributed by atoms with Gasteiger partial charge in [0.1, 0.15) is 31.8 Å². The fourth-order valence-electron chi connectivity index (χ4n) is 4.07. The number of ether oxygens (including phenoxy) is 1. The first-order valence-electron chi connectivity index (χ1n) is 11.9. The number of carbonyl (C=O) groups excluding carboxylic acids is 1. The number of urea groups is 1. The number of nitrogens with one attached hydrogen (secondary N) is 2. The second-order valence-electron chi connectivity index (χ2n) is 9.32. The van der Waals surface area contributed by atoms with Crippen LogP contribution in [0.15, 0.2) is 60.7 Å². The van der Waals surface area contributed by atoms with Crippen LogP contribution in [0.1, 0.15) is 22.3 Å². The average molecular weight is 630 g/mol. The zero-order chi connectivity index (χ0) is 32.4. The minimum atomic E-state index is -5.34. The molecule has 0 aromatic heterocycles. The Balaban J connectivity index is 2.35. The van der Waals surface area contributed by atoms with Gasteiger partial charge in [-0.25, -0.2) is 13.6 Å². The van der Waals surface area contributed by atoms with E-state index in [-0.39, 0.29) is 17.7 Å². The van der Waals surface area contributed by atoms with E-state index in [1.165, 1.54) is 29.6 Å². The summed E-state index contributed by atoms with van der Waals surface area (Å²) < 4.78 is 166. The lowest BCUT2D eigenvalue weighted by Crippen LogP contribution is -2.53. The van der Waals surface area contributed by atoms with Crippen molar-refractivity contribution in [1.82, 2.24) is 10.6 Å². The summed E-state index contributed by atoms with van der Waals surface area (Å²) in [5.74, 6) is -4.53. The zero-order valence-corrected chi connectivity index (χ0v) is 21.6. The van der Waals surface area contributed by atoms with Gasteiger partial charge in [-0.05, 0) is 41.0 Å². The molecule has 0 unspecified atom stereocenters. The highest BCUT2D eigenvalue weighted by atomic mass is 19.4. The molecule has 3 aromatic rings. The van der Waals surface area contributed by atoms with E-state index in [0.29, 0.717) is 29.7 Å². The summed E-state index contributed by atoms with van der Waals surface area (Å²) >= 11 is 0. The Morgan fingerprint density at radius 1 is 0.837 bits per heavy atom. The molecule has 0 aliphatic carbocycles. The van der Waals surface area contributed by atoms with E-state index in [4.69, 9.17) is 0 Å². The fraction of sp³-hybridized carbons (Fsp3) is 0.269. The van der Waals surface area contributed by atoms with Crippen LogP contribution in [0, 0.1) is 11.6 Å². The van der Waals surface area contributed by atoms with Crippen LogP contribution in [0.25, 0.3) is 0 Å². The molecule has 3 rings (SSSR count). The summed E-state index contributed by atoms with van der Waals surface area (Å²) in [5, 5.41) is 3.47. The first kappa shape index (κ1) is 33.5. The summed E-state index contributed by atoms with van der Waals surface area (Å²) in [5.41, 5.74) is -5.06. The molecule has 1 atom stereocenters. The topological polar surface area (TPSA) is 50.4 Å². The fourth-order valence-corrected chi connectivity index (χ4v) is 4.07. The first-order valence-corrected chi connectivity index (χ1v) is 11.9. The van der Waals surface area contributed by atoms with Gasteiger partial charge in [0.25, 0.3) is 0 Å². The first-order chi connectivity index (χ1) is 19.7. The number of alkyl halides is 10. The third-order valence-corrected chi connectivity index (χ3v) is 6.00. The Morgan fingerprint density at radius 3 is 2.02 bits per heavy atom. The van der Waals surface area contributed by atoms with Crippen molar-refractivity contribution in [3.05, 3.63) is 94.6 Å². The Hall–Kier alpha value is -4.05. The summed E-state index contributed by atoms with van der Waals surface area (Å²) in [6.45, 7) is -1.94. The molecule has 2 amide bonds. The van der Waals surface area contributed by atoms with Crippen molar-refractivity contribution < 1.29 is 62.2 Å². The smallest absolute Gasteiger partial charge is 0.428 e. The van der Waals surface area contributed by atoms with Crippen LogP contribution in [-0.4, -0.2) is 39.1 Å². The number of halogens is 12. The summed E-state index contributed by atoms with van der Waals surface area (Å²) in [6, 6.07) is 6.50. The maximum Gasteiger partial charge on any atom is 0.461 e. The highest BCUT2D eigenvalue weighted by Crippen LogP contribution is 2.40. The number of rotatable bonds is 9. The van der Waals surface area contributed by atoms with Crippen LogP contribution >= 0.6 is 0 Å². The normalized spacial score (nSPS) is 13.9. The van der Waals surface area contributed by atoms with Crippen molar-refractivity contribution in [1.29, 1.82) is 0 Å². The van der Waals surface area contributed by atoms with Crippen molar-refractivity contribution in [3.8, 4) is 5.75 Å². The van der Waals surface area contributed by atoms with E-state index in [1.807, 2.05) is 5.32 Å². The molecular weight excluding hydrogens is 611 g/mol. The third kappa shape index (κ3) is 8.50. The second-order valence-corrected chi connectivity index (χ2v) is 9.32. The Labute approximate surface area is 236 Å². The molecule has 0 bridgehead atoms. The molecule has 4 nitrogen and oxygen atoms in total. The molecule has 0 fully saturated rings. The third-order valence-electron chi connectivity index (χ3n) is 6.00. The molecule has 0 spiro atoms. The van der Waals surface area contributed by atoms with Crippen molar-refractivity contribution in [2.75, 3.05) is 6.54 Å². The van der Waals surface area contributed by atoms with E-state index in [0.717, 1.165) is 0 Å². The van der Waals surface area contributed by atoms with E-state index >= 15 is 0 Å². The maximum atomic E-state index is 14.8. The van der Waals surface area contributed by atoms with Crippen LogP contribution in [0.4, 0.5) is 57.5 Å². The summed E-state index contributed by atoms with van der Waals surface area (Å²) in [7, 11) is 1.65. The molecule has 3 aromatic carbocycles. The second kappa shape index (κ2) is 12.3. The largest absolute Gasteiger partial charge is 0.461 e. The van der Waals surface area contributed by atoms with E-state index in [9.17, 15) is 57.5 Å². The molecule has 0 aliphatic heterocycles. The van der Waals surface area contributed by atoms with Crippen LogP contribution in [0.2, 0.25) is 0 Å². The number of benzene rings is 3. The van der Waals surface area contributed by atoms with Gasteiger partial charge in [0.15, 0.2) is 0 Å². The highest BCUT2D eigenvalue weighted by Gasteiger charge is 2.45. The van der Waals surface area contributed by atoms with Crippen molar-refractivity contribution in [2.45, 2.75) is 36.8 Å². The van der Waals surface area contributed by atoms with Gasteiger partial charge in [-0.3, -0.25) is 0 Å². The molecule has 17 heteroatoms. The molecule has 232 valence electrons. The average Bonchev–Trinajstić information content (AvgIpc) is 2.87. The maximum absolute atomic E-state index is 14.8. The molecule has 0 saturated carbocycles. The molecule has 2 N–H and O–H groups in total. The minimum Gasteiger partial charge on any atom is -0.428 e. The highest BCUT2D eigenvalue weighted by molar-refractivity contribution is 6.32. The van der Waals surface area contributed by atoms with Crippen molar-refractivity contribution in [2.24, 2.45) is 0 Å². The molecule has 43 heavy (non-hydrogen) atoms. The van der Waals surface area contributed by atoms with Crippen LogP contribution in [0.3, 0.4) is 0 Å². The van der Waals surface area contributed by atoms with Gasteiger partial charge in [0.2, 0.25) is 0 Å². The number of carbonyl (C=O) groups is 1. The lowest BCUT2D eigenvalue weighted by molar-refractivity contribution is -0.253. The van der Waals surface area contributed by atoms with Gasteiger partial charge < -0.3 is 15.4 Å². The lowest BCUT2D eigenvalue weighted by atomic mass is 9.77. The van der Waals surface area contributed by atoms with E-state index < -0.39 is 83.5 Å². The minimum absolute atomic E-state index is 0.157. The molecule has 0 aliphatic rings. The van der Waals surface area contributed by atoms with Gasteiger partial charge in [0, 0.05) is 12.5 Å². The number of hydrogen-bond donors (Lipinski definition) is 2. The summed E-state index contributed by atoms with van der Waals surface area (Å²) in [4.78, 5) is 12.8. The molecular formula is C26H19BF12N2O2. The van der Waals surface area contributed by atoms with Gasteiger partial charge >= 0.3 is 30.9 Å². The zero-order valence-electron chi connectivity index (χ0n) is 21.6. The number of amides is 2. The molecule has 0 heterocycles. The molecule has 0 radical (unpaired) electrons. The lowest BCUT2D eigenvalue weighted by Gasteiger charge is -2.37. The van der Waals surface area contributed by atoms with Gasteiger partial charge in [-0.2, -0.15) is 43.9 Å². The van der Waals surface area contributed by atoms with Crippen LogP contribution in [0.5, 0.6) is 5.75 Å². The van der Waals surface area contributed by atoms with Gasteiger partial charge in [-0.15, -0.1) is 0 Å². The van der Waals surface area contributed by atoms with Gasteiger partial charge in [-0.1, -0.05) is 35.8 Å². The quantitative estimate of drug-likeness (QED) is 0.231. The Morgan fingerprint density at radius 2 is 1.47 bits per heavy atom. The van der Waals surface area contributed by atoms with Crippen LogP contribution in [-0.2, 0) is 18.1 Å². The van der Waals surface area contributed by atoms with Crippen LogP contribution < -0.4 is 20.8 Å². The number of hydrogen-bond acceptors (Lipinski definition) is 2. The SMILES string of the molecule is Bc1ccc(C[C@](NC(=O)NCC(F)(F)F)(c2cc(F)cc(OC(F)(F)C(F)F)c2)c2ccc(F)c(C(F)(F)F)c2)cc1. The molecule has 0 saturated heterocycles. The van der Waals surface area contributed by atoms with Crippen molar-refractivity contribution in [3.63, 3.8) is 0 Å². The Bertz CT molecular complexity index is 1450. The monoisotopic (exact) mass is 630 g/mol. The predicted molar refractivity (Wildman–Crippen MR) is 131 cm³/mol. The Kier molecular flexibility index (Phi) is 9.56. The van der Waals surface area contributed by atoms with Gasteiger partial charge in [0.05, 0.1) is 11.1 Å². The van der Waals surface area contributed by atoms with Crippen molar-refractivity contribution >= 4 is 19.3 Å². The summed E-state index contributed by atoms with van der Waals surface area (Å²) in [6.07, 6.45) is -20.6.